The van der Waals surface area contributed by atoms with Crippen molar-refractivity contribution in [3.63, 3.8) is 0 Å². The number of aromatic nitrogens is 2. The minimum Gasteiger partial charge on any atom is -0.353 e. The fourth-order valence-corrected chi connectivity index (χ4v) is 3.55. The summed E-state index contributed by atoms with van der Waals surface area (Å²) in [6, 6.07) is -0.375. The number of nitrogens with one attached hydrogen (secondary N) is 3. The molecule has 1 aromatic heterocycles. The van der Waals surface area contributed by atoms with Crippen molar-refractivity contribution >= 4 is 11.9 Å². The Morgan fingerprint density at radius 3 is 2.88 bits per heavy atom. The van der Waals surface area contributed by atoms with Gasteiger partial charge in [-0.15, -0.1) is 0 Å². The molecule has 2 aliphatic rings. The lowest BCUT2D eigenvalue weighted by molar-refractivity contribution is -0.117. The molecule has 25 heavy (non-hydrogen) atoms. The summed E-state index contributed by atoms with van der Waals surface area (Å²) in [5.41, 5.74) is -1.05. The van der Waals surface area contributed by atoms with Crippen molar-refractivity contribution in [1.82, 2.24) is 20.2 Å². The molecule has 9 nitrogen and oxygen atoms in total. The molecular weight excluding hydrogens is 326 g/mol. The lowest BCUT2D eigenvalue weighted by Gasteiger charge is -2.31. The molecule has 3 N–H and O–H groups in total. The Labute approximate surface area is 144 Å². The Morgan fingerprint density at radius 1 is 1.52 bits per heavy atom. The molecule has 0 radical (unpaired) electrons. The van der Waals surface area contributed by atoms with Gasteiger partial charge in [0.2, 0.25) is 5.91 Å². The summed E-state index contributed by atoms with van der Waals surface area (Å²) in [7, 11) is 0. The Bertz CT molecular complexity index is 842. The first kappa shape index (κ1) is 17.4. The largest absolute Gasteiger partial charge is 0.353 e. The van der Waals surface area contributed by atoms with Gasteiger partial charge in [-0.05, 0) is 13.3 Å². The maximum absolute atomic E-state index is 12.3. The van der Waals surface area contributed by atoms with E-state index in [4.69, 9.17) is 4.74 Å². The fraction of sp³-hybridized carbons (Fsp3) is 0.625. The molecule has 1 aromatic rings. The number of H-pyrrole nitrogens is 1. The van der Waals surface area contributed by atoms with E-state index >= 15 is 0 Å². The first-order chi connectivity index (χ1) is 11.8. The van der Waals surface area contributed by atoms with E-state index in [-0.39, 0.29) is 17.9 Å². The van der Waals surface area contributed by atoms with Gasteiger partial charge in [0.15, 0.2) is 12.2 Å². The Hall–Kier alpha value is -2.42. The van der Waals surface area contributed by atoms with Crippen LogP contribution in [0.5, 0.6) is 0 Å². The first-order valence-corrected chi connectivity index (χ1v) is 8.36. The average Bonchev–Trinajstić information content (AvgIpc) is 2.72. The maximum Gasteiger partial charge on any atom is 0.330 e. The van der Waals surface area contributed by atoms with E-state index in [0.717, 1.165) is 0 Å². The van der Waals surface area contributed by atoms with Gasteiger partial charge >= 0.3 is 5.69 Å². The van der Waals surface area contributed by atoms with Crippen LogP contribution in [0, 0.1) is 12.8 Å². The number of fused-ring (bicyclic) bond motifs is 2. The zero-order chi connectivity index (χ0) is 18.4. The second-order valence-corrected chi connectivity index (χ2v) is 6.70. The van der Waals surface area contributed by atoms with Gasteiger partial charge in [-0.1, -0.05) is 13.8 Å². The second kappa shape index (κ2) is 6.14. The maximum atomic E-state index is 12.3. The van der Waals surface area contributed by atoms with Gasteiger partial charge in [0.05, 0.1) is 5.60 Å². The molecule has 2 bridgehead atoms. The molecule has 0 spiro atoms. The molecule has 1 saturated heterocycles. The predicted octanol–water partition coefficient (Wildman–Crippen LogP) is -0.377. The monoisotopic (exact) mass is 349 g/mol. The van der Waals surface area contributed by atoms with Crippen LogP contribution in [0.15, 0.2) is 20.8 Å². The van der Waals surface area contributed by atoms with E-state index in [1.54, 1.807) is 6.92 Å². The molecule has 136 valence electrons. The summed E-state index contributed by atoms with van der Waals surface area (Å²) < 4.78 is 7.67. The third-order valence-corrected chi connectivity index (χ3v) is 5.14. The highest BCUT2D eigenvalue weighted by Gasteiger charge is 2.54. The molecule has 9 heteroatoms. The van der Waals surface area contributed by atoms with Gasteiger partial charge in [-0.25, -0.2) is 9.79 Å². The molecule has 0 aromatic carbocycles. The summed E-state index contributed by atoms with van der Waals surface area (Å²) in [6.07, 6.45) is 1.57. The minimum atomic E-state index is -0.649. The number of aliphatic imine (C=N–C) groups is 1. The van der Waals surface area contributed by atoms with Crippen molar-refractivity contribution in [2.24, 2.45) is 10.9 Å². The zero-order valence-corrected chi connectivity index (χ0v) is 14.8. The van der Waals surface area contributed by atoms with E-state index in [2.05, 4.69) is 20.6 Å². The van der Waals surface area contributed by atoms with Crippen LogP contribution in [0.2, 0.25) is 0 Å². The van der Waals surface area contributed by atoms with Crippen LogP contribution in [0.25, 0.3) is 0 Å². The summed E-state index contributed by atoms with van der Waals surface area (Å²) in [5.74, 6) is 0.166. The number of carbonyl (C=O) groups is 1. The average molecular weight is 349 g/mol. The van der Waals surface area contributed by atoms with Crippen molar-refractivity contribution in [3.05, 3.63) is 32.6 Å². The number of aryl methyl sites for hydroxylation is 1. The standard InChI is InChI=1S/C16H23N5O4/c1-5-16-7-17-14(18-10(4)22)19-11(9(16)3)13(25-16)21-6-8(2)12(23)20-15(21)24/h6,9,11,13H,5,7H2,1-4H3,(H,20,23,24)(H2,17,18,19,22)/t9?,11-,13+,16-/m0/s1. The van der Waals surface area contributed by atoms with E-state index in [0.29, 0.717) is 24.5 Å². The summed E-state index contributed by atoms with van der Waals surface area (Å²) in [6.45, 7) is 7.56. The molecule has 1 fully saturated rings. The highest BCUT2D eigenvalue weighted by Crippen LogP contribution is 2.45. The lowest BCUT2D eigenvalue weighted by atomic mass is 9.84. The molecule has 0 saturated carbocycles. The zero-order valence-electron chi connectivity index (χ0n) is 14.8. The van der Waals surface area contributed by atoms with Crippen LogP contribution in [-0.4, -0.2) is 39.6 Å². The molecule has 4 atom stereocenters. The normalized spacial score (nSPS) is 31.0. The number of ether oxygens (including phenoxy) is 1. The minimum absolute atomic E-state index is 0.0143. The van der Waals surface area contributed by atoms with Crippen LogP contribution in [0.3, 0.4) is 0 Å². The fourth-order valence-electron chi connectivity index (χ4n) is 3.55. The van der Waals surface area contributed by atoms with Crippen molar-refractivity contribution in [2.75, 3.05) is 6.54 Å². The molecule has 3 rings (SSSR count). The van der Waals surface area contributed by atoms with E-state index in [1.165, 1.54) is 17.7 Å². The van der Waals surface area contributed by atoms with Crippen molar-refractivity contribution < 1.29 is 9.53 Å². The molecule has 1 unspecified atom stereocenters. The SMILES string of the molecule is CC[C@]12CNC(NC(C)=O)=N[C@@H](C1C)[C@H](n1cc(C)c(=O)[nH]c1=O)O2. The Kier molecular flexibility index (Phi) is 4.28. The third kappa shape index (κ3) is 2.88. The van der Waals surface area contributed by atoms with Gasteiger partial charge in [0.1, 0.15) is 6.04 Å². The lowest BCUT2D eigenvalue weighted by Crippen LogP contribution is -2.49. The molecule has 1 amide bonds. The highest BCUT2D eigenvalue weighted by atomic mass is 16.5. The van der Waals surface area contributed by atoms with Gasteiger partial charge in [0.25, 0.3) is 5.56 Å². The summed E-state index contributed by atoms with van der Waals surface area (Å²) in [5, 5.41) is 5.80. The number of aromatic amines is 1. The Balaban J connectivity index is 2.09. The summed E-state index contributed by atoms with van der Waals surface area (Å²) in [4.78, 5) is 42.3. The van der Waals surface area contributed by atoms with E-state index in [1.807, 2.05) is 13.8 Å². The smallest absolute Gasteiger partial charge is 0.330 e. The van der Waals surface area contributed by atoms with Crippen molar-refractivity contribution in [1.29, 1.82) is 0 Å². The predicted molar refractivity (Wildman–Crippen MR) is 91.4 cm³/mol. The van der Waals surface area contributed by atoms with Crippen molar-refractivity contribution in [3.8, 4) is 0 Å². The number of hydrogen-bond donors (Lipinski definition) is 3. The van der Waals surface area contributed by atoms with E-state index in [9.17, 15) is 14.4 Å². The molecule has 3 heterocycles. The second-order valence-electron chi connectivity index (χ2n) is 6.70. The van der Waals surface area contributed by atoms with Gasteiger partial charge < -0.3 is 10.1 Å². The topological polar surface area (TPSA) is 118 Å². The Morgan fingerprint density at radius 2 is 2.24 bits per heavy atom. The van der Waals surface area contributed by atoms with Crippen molar-refractivity contribution in [2.45, 2.75) is 52.0 Å². The number of nitrogens with zero attached hydrogens (tertiary/aromatic N) is 2. The molecule has 0 aliphatic carbocycles. The number of hydrogen-bond acceptors (Lipinski definition) is 6. The van der Waals surface area contributed by atoms with E-state index < -0.39 is 23.1 Å². The molecular formula is C16H23N5O4. The van der Waals surface area contributed by atoms with Crippen LogP contribution in [0.4, 0.5) is 0 Å². The van der Waals surface area contributed by atoms with Gasteiger partial charge in [-0.2, -0.15) is 0 Å². The van der Waals surface area contributed by atoms with Crippen LogP contribution >= 0.6 is 0 Å². The third-order valence-electron chi connectivity index (χ3n) is 5.14. The highest BCUT2D eigenvalue weighted by molar-refractivity contribution is 5.96. The molecule has 2 aliphatic heterocycles. The summed E-state index contributed by atoms with van der Waals surface area (Å²) >= 11 is 0. The first-order valence-electron chi connectivity index (χ1n) is 8.36. The number of rotatable bonds is 2. The number of carbonyl (C=O) groups excluding carboxylic acids is 1. The number of guanidine groups is 1. The van der Waals surface area contributed by atoms with Gasteiger partial charge in [0, 0.05) is 31.1 Å². The number of amides is 1. The van der Waals surface area contributed by atoms with Crippen LogP contribution in [-0.2, 0) is 9.53 Å². The van der Waals surface area contributed by atoms with Crippen LogP contribution in [0.1, 0.15) is 39.0 Å². The quantitative estimate of drug-likeness (QED) is 0.673. The van der Waals surface area contributed by atoms with Gasteiger partial charge in [-0.3, -0.25) is 24.5 Å². The van der Waals surface area contributed by atoms with Crippen LogP contribution < -0.4 is 21.9 Å².